The lowest BCUT2D eigenvalue weighted by Crippen LogP contribution is -2.40. The molecule has 6 nitrogen and oxygen atoms in total. The zero-order chi connectivity index (χ0) is 21.9. The van der Waals surface area contributed by atoms with Gasteiger partial charge in [0.05, 0.1) is 23.9 Å². The molecule has 4 heterocycles. The standard InChI is InChI=1S/C24H25ClN4O2S/c25-20-14-18(24(30)29-10-12-31-13-11-29)4-5-19(20)21-16-32-23(27-21)17-6-7-26-22(15-17)28-8-2-1-3-9-28/h4-7,14-16H,1-3,8-13H2. The van der Waals surface area contributed by atoms with Gasteiger partial charge >= 0.3 is 0 Å². The molecular weight excluding hydrogens is 444 g/mol. The van der Waals surface area contributed by atoms with Crippen molar-refractivity contribution < 1.29 is 9.53 Å². The summed E-state index contributed by atoms with van der Waals surface area (Å²) in [4.78, 5) is 26.3. The number of hydrogen-bond donors (Lipinski definition) is 0. The first-order valence-corrected chi connectivity index (χ1v) is 12.3. The molecule has 0 radical (unpaired) electrons. The van der Waals surface area contributed by atoms with Crippen LogP contribution in [0.3, 0.4) is 0 Å². The number of carbonyl (C=O) groups is 1. The third kappa shape index (κ3) is 4.51. The van der Waals surface area contributed by atoms with Crippen LogP contribution in [0.5, 0.6) is 0 Å². The van der Waals surface area contributed by atoms with E-state index in [1.54, 1.807) is 22.3 Å². The highest BCUT2D eigenvalue weighted by Gasteiger charge is 2.20. The summed E-state index contributed by atoms with van der Waals surface area (Å²) >= 11 is 8.17. The average Bonchev–Trinajstić information content (AvgIpc) is 3.35. The molecule has 0 N–H and O–H groups in total. The Balaban J connectivity index is 1.36. The van der Waals surface area contributed by atoms with Gasteiger partial charge in [-0.25, -0.2) is 9.97 Å². The third-order valence-electron chi connectivity index (χ3n) is 5.97. The van der Waals surface area contributed by atoms with Crippen LogP contribution in [0.4, 0.5) is 5.82 Å². The van der Waals surface area contributed by atoms with E-state index >= 15 is 0 Å². The highest BCUT2D eigenvalue weighted by molar-refractivity contribution is 7.13. The Morgan fingerprint density at radius 3 is 2.62 bits per heavy atom. The van der Waals surface area contributed by atoms with Crippen LogP contribution in [0.25, 0.3) is 21.8 Å². The monoisotopic (exact) mass is 468 g/mol. The number of morpholine rings is 1. The van der Waals surface area contributed by atoms with E-state index in [2.05, 4.69) is 16.0 Å². The van der Waals surface area contributed by atoms with E-state index in [0.29, 0.717) is 36.9 Å². The van der Waals surface area contributed by atoms with Crippen molar-refractivity contribution in [3.05, 3.63) is 52.5 Å². The number of amides is 1. The number of aromatic nitrogens is 2. The lowest BCUT2D eigenvalue weighted by atomic mass is 10.1. The second kappa shape index (κ2) is 9.57. The van der Waals surface area contributed by atoms with Gasteiger partial charge in [0.15, 0.2) is 0 Å². The number of pyridine rings is 1. The summed E-state index contributed by atoms with van der Waals surface area (Å²) in [7, 11) is 0. The van der Waals surface area contributed by atoms with Gasteiger partial charge in [0.2, 0.25) is 0 Å². The Morgan fingerprint density at radius 2 is 1.84 bits per heavy atom. The number of benzene rings is 1. The molecule has 2 aromatic heterocycles. The van der Waals surface area contributed by atoms with Crippen LogP contribution >= 0.6 is 22.9 Å². The predicted octanol–water partition coefficient (Wildman–Crippen LogP) is 4.99. The largest absolute Gasteiger partial charge is 0.378 e. The van der Waals surface area contributed by atoms with Crippen LogP contribution < -0.4 is 4.90 Å². The minimum absolute atomic E-state index is 0.0113. The van der Waals surface area contributed by atoms with E-state index in [9.17, 15) is 4.79 Å². The van der Waals surface area contributed by atoms with Crippen LogP contribution in [0.15, 0.2) is 41.9 Å². The molecule has 0 saturated carbocycles. The third-order valence-corrected chi connectivity index (χ3v) is 7.17. The fourth-order valence-corrected chi connectivity index (χ4v) is 5.28. The number of carbonyl (C=O) groups excluding carboxylic acids is 1. The number of thiazole rings is 1. The molecule has 166 valence electrons. The molecule has 0 unspecified atom stereocenters. The first-order valence-electron chi connectivity index (χ1n) is 11.0. The van der Waals surface area contributed by atoms with Crippen molar-refractivity contribution in [2.75, 3.05) is 44.3 Å². The fourth-order valence-electron chi connectivity index (χ4n) is 4.18. The van der Waals surface area contributed by atoms with Crippen LogP contribution in [0, 0.1) is 0 Å². The summed E-state index contributed by atoms with van der Waals surface area (Å²) in [5.74, 6) is 1.01. The van der Waals surface area contributed by atoms with Gasteiger partial charge in [-0.05, 0) is 43.5 Å². The van der Waals surface area contributed by atoms with Gasteiger partial charge in [0, 0.05) is 54.4 Å². The number of hydrogen-bond acceptors (Lipinski definition) is 6. The zero-order valence-electron chi connectivity index (χ0n) is 17.8. The van der Waals surface area contributed by atoms with Gasteiger partial charge in [0.25, 0.3) is 5.91 Å². The Hall–Kier alpha value is -2.48. The van der Waals surface area contributed by atoms with Gasteiger partial charge in [-0.3, -0.25) is 4.79 Å². The Kier molecular flexibility index (Phi) is 6.39. The highest BCUT2D eigenvalue weighted by Crippen LogP contribution is 2.34. The van der Waals surface area contributed by atoms with Crippen molar-refractivity contribution >= 4 is 34.7 Å². The number of ether oxygens (including phenoxy) is 1. The molecule has 8 heteroatoms. The van der Waals surface area contributed by atoms with Gasteiger partial charge in [0.1, 0.15) is 10.8 Å². The first-order chi connectivity index (χ1) is 15.7. The highest BCUT2D eigenvalue weighted by atomic mass is 35.5. The topological polar surface area (TPSA) is 58.6 Å². The Bertz CT molecular complexity index is 1110. The second-order valence-electron chi connectivity index (χ2n) is 8.09. The van der Waals surface area contributed by atoms with Crippen molar-refractivity contribution in [1.82, 2.24) is 14.9 Å². The molecule has 3 aromatic rings. The number of halogens is 1. The normalized spacial score (nSPS) is 16.9. The molecule has 32 heavy (non-hydrogen) atoms. The van der Waals surface area contributed by atoms with Crippen molar-refractivity contribution in [3.8, 4) is 21.8 Å². The van der Waals surface area contributed by atoms with E-state index in [1.165, 1.54) is 19.3 Å². The Labute approximate surface area is 196 Å². The minimum Gasteiger partial charge on any atom is -0.378 e. The average molecular weight is 469 g/mol. The summed E-state index contributed by atoms with van der Waals surface area (Å²) in [5.41, 5.74) is 3.30. The molecule has 0 bridgehead atoms. The molecule has 0 aliphatic carbocycles. The molecule has 1 amide bonds. The van der Waals surface area contributed by atoms with E-state index < -0.39 is 0 Å². The minimum atomic E-state index is -0.0113. The summed E-state index contributed by atoms with van der Waals surface area (Å²) in [6.07, 6.45) is 5.59. The Morgan fingerprint density at radius 1 is 1.03 bits per heavy atom. The molecule has 2 fully saturated rings. The van der Waals surface area contributed by atoms with Gasteiger partial charge in [-0.2, -0.15) is 0 Å². The van der Waals surface area contributed by atoms with E-state index in [1.807, 2.05) is 29.8 Å². The van der Waals surface area contributed by atoms with Crippen LogP contribution in [-0.4, -0.2) is 60.2 Å². The number of anilines is 1. The van der Waals surface area contributed by atoms with Gasteiger partial charge in [-0.1, -0.05) is 17.7 Å². The molecule has 1 aromatic carbocycles. The maximum atomic E-state index is 12.7. The van der Waals surface area contributed by atoms with Crippen molar-refractivity contribution in [2.24, 2.45) is 0 Å². The summed E-state index contributed by atoms with van der Waals surface area (Å²) in [6.45, 7) is 4.49. The first kappa shape index (κ1) is 21.4. The molecule has 2 aliphatic rings. The van der Waals surface area contributed by atoms with Crippen LogP contribution in [-0.2, 0) is 4.74 Å². The summed E-state index contributed by atoms with van der Waals surface area (Å²) in [6, 6.07) is 9.59. The van der Waals surface area contributed by atoms with E-state index in [4.69, 9.17) is 21.3 Å². The van der Waals surface area contributed by atoms with E-state index in [-0.39, 0.29) is 5.91 Å². The number of rotatable bonds is 4. The molecule has 0 atom stereocenters. The second-order valence-corrected chi connectivity index (χ2v) is 9.35. The van der Waals surface area contributed by atoms with Gasteiger partial charge < -0.3 is 14.5 Å². The SMILES string of the molecule is O=C(c1ccc(-c2csc(-c3ccnc(N4CCCCC4)c3)n2)c(Cl)c1)N1CCOCC1. The number of piperidine rings is 1. The molecule has 2 saturated heterocycles. The van der Waals surface area contributed by atoms with Crippen LogP contribution in [0.1, 0.15) is 29.6 Å². The fraction of sp³-hybridized carbons (Fsp3) is 0.375. The predicted molar refractivity (Wildman–Crippen MR) is 129 cm³/mol. The zero-order valence-corrected chi connectivity index (χ0v) is 19.4. The molecule has 2 aliphatic heterocycles. The molecule has 5 rings (SSSR count). The summed E-state index contributed by atoms with van der Waals surface area (Å²) in [5, 5.41) is 3.48. The van der Waals surface area contributed by atoms with Crippen molar-refractivity contribution in [2.45, 2.75) is 19.3 Å². The molecular formula is C24H25ClN4O2S. The maximum Gasteiger partial charge on any atom is 0.254 e. The lowest BCUT2D eigenvalue weighted by Gasteiger charge is -2.27. The quantitative estimate of drug-likeness (QED) is 0.540. The van der Waals surface area contributed by atoms with E-state index in [0.717, 1.165) is 40.7 Å². The van der Waals surface area contributed by atoms with Crippen molar-refractivity contribution in [1.29, 1.82) is 0 Å². The van der Waals surface area contributed by atoms with Crippen LogP contribution in [0.2, 0.25) is 5.02 Å². The van der Waals surface area contributed by atoms with Crippen molar-refractivity contribution in [3.63, 3.8) is 0 Å². The smallest absolute Gasteiger partial charge is 0.254 e. The number of nitrogens with zero attached hydrogens (tertiary/aromatic N) is 4. The molecule has 0 spiro atoms. The summed E-state index contributed by atoms with van der Waals surface area (Å²) < 4.78 is 5.33. The maximum absolute atomic E-state index is 12.7. The lowest BCUT2D eigenvalue weighted by molar-refractivity contribution is 0.0303. The van der Waals surface area contributed by atoms with Gasteiger partial charge in [-0.15, -0.1) is 11.3 Å².